The lowest BCUT2D eigenvalue weighted by Gasteiger charge is -2.11. The number of esters is 1. The SMILES string of the molecule is C=C(SC1=C(N)/C(=C/C=C(\C)Br)C(=C)OCC1)C(=O)OCC. The summed E-state index contributed by atoms with van der Waals surface area (Å²) >= 11 is 4.58. The van der Waals surface area contributed by atoms with Crippen LogP contribution >= 0.6 is 27.7 Å². The second kappa shape index (κ2) is 8.90. The molecule has 1 rings (SSSR count). The van der Waals surface area contributed by atoms with E-state index in [-0.39, 0.29) is 0 Å². The van der Waals surface area contributed by atoms with Crippen LogP contribution in [-0.2, 0) is 14.3 Å². The predicted octanol–water partition coefficient (Wildman–Crippen LogP) is 4.13. The predicted molar refractivity (Wildman–Crippen MR) is 95.1 cm³/mol. The average Bonchev–Trinajstić information content (AvgIpc) is 2.57. The molecule has 1 aliphatic heterocycles. The van der Waals surface area contributed by atoms with Gasteiger partial charge in [0.1, 0.15) is 5.76 Å². The van der Waals surface area contributed by atoms with Gasteiger partial charge < -0.3 is 15.2 Å². The molecule has 0 fully saturated rings. The molecule has 0 aromatic rings. The highest BCUT2D eigenvalue weighted by Gasteiger charge is 2.20. The smallest absolute Gasteiger partial charge is 0.344 e. The Balaban J connectivity index is 3.07. The summed E-state index contributed by atoms with van der Waals surface area (Å²) in [6.07, 6.45) is 4.29. The number of carbonyl (C=O) groups excluding carboxylic acids is 1. The van der Waals surface area contributed by atoms with E-state index >= 15 is 0 Å². The van der Waals surface area contributed by atoms with Crippen molar-refractivity contribution in [2.45, 2.75) is 20.3 Å². The molecule has 0 aromatic carbocycles. The summed E-state index contributed by atoms with van der Waals surface area (Å²) in [5, 5.41) is 0. The Labute approximate surface area is 143 Å². The van der Waals surface area contributed by atoms with Gasteiger partial charge in [-0.05, 0) is 24.4 Å². The maximum Gasteiger partial charge on any atom is 0.344 e. The molecule has 0 saturated carbocycles. The monoisotopic (exact) mass is 385 g/mol. The van der Waals surface area contributed by atoms with Crippen molar-refractivity contribution in [3.63, 3.8) is 0 Å². The fourth-order valence-electron chi connectivity index (χ4n) is 1.67. The Morgan fingerprint density at radius 3 is 2.86 bits per heavy atom. The average molecular weight is 386 g/mol. The molecule has 0 amide bonds. The van der Waals surface area contributed by atoms with Crippen molar-refractivity contribution in [3.8, 4) is 0 Å². The zero-order valence-corrected chi connectivity index (χ0v) is 15.2. The first kappa shape index (κ1) is 18.6. The summed E-state index contributed by atoms with van der Waals surface area (Å²) in [7, 11) is 0. The highest BCUT2D eigenvalue weighted by Crippen LogP contribution is 2.35. The molecule has 1 heterocycles. The standard InChI is InChI=1S/C16H20BrNO3S/c1-5-20-16(19)12(4)22-14-8-9-21-11(3)13(15(14)18)7-6-10(2)17/h6-7H,3-5,8-9,18H2,1-2H3/b10-6+,13-7+. The van der Waals surface area contributed by atoms with E-state index in [1.807, 2.05) is 19.1 Å². The van der Waals surface area contributed by atoms with E-state index in [2.05, 4.69) is 29.1 Å². The van der Waals surface area contributed by atoms with Gasteiger partial charge in [0.05, 0.1) is 23.8 Å². The first-order chi connectivity index (χ1) is 10.4. The maximum atomic E-state index is 11.7. The van der Waals surface area contributed by atoms with Crippen molar-refractivity contribution in [2.24, 2.45) is 5.73 Å². The summed E-state index contributed by atoms with van der Waals surface area (Å²) < 4.78 is 11.4. The van der Waals surface area contributed by atoms with E-state index < -0.39 is 5.97 Å². The largest absolute Gasteiger partial charge is 0.493 e. The van der Waals surface area contributed by atoms with Crippen LogP contribution in [0.2, 0.25) is 0 Å². The second-order valence-electron chi connectivity index (χ2n) is 4.44. The van der Waals surface area contributed by atoms with E-state index in [4.69, 9.17) is 15.2 Å². The summed E-state index contributed by atoms with van der Waals surface area (Å²) in [4.78, 5) is 12.8. The normalized spacial score (nSPS) is 18.0. The van der Waals surface area contributed by atoms with Crippen LogP contribution in [0.1, 0.15) is 20.3 Å². The second-order valence-corrected chi connectivity index (χ2v) is 6.88. The summed E-state index contributed by atoms with van der Waals surface area (Å²) in [5.41, 5.74) is 7.48. The van der Waals surface area contributed by atoms with Crippen LogP contribution in [0.15, 0.2) is 56.6 Å². The number of hydrogen-bond acceptors (Lipinski definition) is 5. The Morgan fingerprint density at radius 2 is 2.27 bits per heavy atom. The lowest BCUT2D eigenvalue weighted by Crippen LogP contribution is -2.07. The van der Waals surface area contributed by atoms with Crippen LogP contribution in [0.5, 0.6) is 0 Å². The van der Waals surface area contributed by atoms with Crippen LogP contribution in [0, 0.1) is 0 Å². The third kappa shape index (κ3) is 5.42. The number of rotatable bonds is 5. The van der Waals surface area contributed by atoms with E-state index in [0.717, 1.165) is 9.39 Å². The topological polar surface area (TPSA) is 61.5 Å². The lowest BCUT2D eigenvalue weighted by atomic mass is 10.1. The molecule has 4 nitrogen and oxygen atoms in total. The minimum atomic E-state index is -0.432. The Hall–Kier alpha value is -1.40. The van der Waals surface area contributed by atoms with Crippen LogP contribution in [0.25, 0.3) is 0 Å². The first-order valence-corrected chi connectivity index (χ1v) is 8.36. The van der Waals surface area contributed by atoms with Gasteiger partial charge in [0, 0.05) is 16.9 Å². The quantitative estimate of drug-likeness (QED) is 0.569. The molecule has 2 N–H and O–H groups in total. The number of carbonyl (C=O) groups is 1. The fourth-order valence-corrected chi connectivity index (χ4v) is 2.65. The molecule has 0 bridgehead atoms. The molecular formula is C16H20BrNO3S. The molecule has 0 aliphatic carbocycles. The van der Waals surface area contributed by atoms with Crippen molar-refractivity contribution in [1.82, 2.24) is 0 Å². The van der Waals surface area contributed by atoms with Crippen molar-refractivity contribution < 1.29 is 14.3 Å². The van der Waals surface area contributed by atoms with Crippen LogP contribution in [0.3, 0.4) is 0 Å². The minimum absolute atomic E-state index is 0.305. The molecule has 0 saturated heterocycles. The van der Waals surface area contributed by atoms with Gasteiger partial charge >= 0.3 is 5.97 Å². The Kier molecular flexibility index (Phi) is 7.55. The van der Waals surface area contributed by atoms with E-state index in [9.17, 15) is 4.79 Å². The van der Waals surface area contributed by atoms with E-state index in [0.29, 0.717) is 41.6 Å². The number of allylic oxidation sites excluding steroid dienone is 3. The number of thioether (sulfide) groups is 1. The molecule has 0 aromatic heterocycles. The fraction of sp³-hybridized carbons (Fsp3) is 0.312. The Bertz CT molecular complexity index is 572. The molecule has 0 unspecified atom stereocenters. The molecule has 22 heavy (non-hydrogen) atoms. The van der Waals surface area contributed by atoms with Gasteiger partial charge in [0.2, 0.25) is 0 Å². The van der Waals surface area contributed by atoms with Crippen LogP contribution in [0.4, 0.5) is 0 Å². The molecule has 1 aliphatic rings. The van der Waals surface area contributed by atoms with Gasteiger partial charge in [-0.3, -0.25) is 0 Å². The molecule has 0 radical (unpaired) electrons. The van der Waals surface area contributed by atoms with Crippen molar-refractivity contribution >= 4 is 33.7 Å². The number of nitrogens with two attached hydrogens (primary N) is 1. The molecule has 6 heteroatoms. The lowest BCUT2D eigenvalue weighted by molar-refractivity contribution is -0.137. The van der Waals surface area contributed by atoms with Crippen molar-refractivity contribution in [2.75, 3.05) is 13.2 Å². The van der Waals surface area contributed by atoms with Crippen molar-refractivity contribution in [1.29, 1.82) is 0 Å². The summed E-state index contributed by atoms with van der Waals surface area (Å²) in [6.45, 7) is 12.1. The van der Waals surface area contributed by atoms with Crippen molar-refractivity contribution in [3.05, 3.63) is 56.6 Å². The van der Waals surface area contributed by atoms with Gasteiger partial charge in [0.15, 0.2) is 0 Å². The van der Waals surface area contributed by atoms with Crippen LogP contribution in [-0.4, -0.2) is 19.2 Å². The molecule has 0 atom stereocenters. The van der Waals surface area contributed by atoms with Gasteiger partial charge in [-0.15, -0.1) is 0 Å². The third-order valence-electron chi connectivity index (χ3n) is 2.73. The number of halogens is 1. The zero-order chi connectivity index (χ0) is 16.7. The molecule has 0 spiro atoms. The van der Waals surface area contributed by atoms with Gasteiger partial charge in [-0.2, -0.15) is 0 Å². The van der Waals surface area contributed by atoms with Crippen LogP contribution < -0.4 is 5.73 Å². The highest BCUT2D eigenvalue weighted by atomic mass is 79.9. The number of ether oxygens (including phenoxy) is 2. The molecule has 120 valence electrons. The minimum Gasteiger partial charge on any atom is -0.493 e. The third-order valence-corrected chi connectivity index (χ3v) is 4.07. The highest BCUT2D eigenvalue weighted by molar-refractivity contribution is 9.11. The van der Waals surface area contributed by atoms with Gasteiger partial charge in [-0.25, -0.2) is 4.79 Å². The Morgan fingerprint density at radius 1 is 1.59 bits per heavy atom. The maximum absolute atomic E-state index is 11.7. The van der Waals surface area contributed by atoms with E-state index in [1.165, 1.54) is 11.8 Å². The summed E-state index contributed by atoms with van der Waals surface area (Å²) in [5.74, 6) is 0.0818. The van der Waals surface area contributed by atoms with E-state index in [1.54, 1.807) is 6.92 Å². The summed E-state index contributed by atoms with van der Waals surface area (Å²) in [6, 6.07) is 0. The van der Waals surface area contributed by atoms with Gasteiger partial charge in [-0.1, -0.05) is 46.9 Å². The number of hydrogen-bond donors (Lipinski definition) is 1. The molecular weight excluding hydrogens is 366 g/mol. The zero-order valence-electron chi connectivity index (χ0n) is 12.8. The first-order valence-electron chi connectivity index (χ1n) is 6.75. The van der Waals surface area contributed by atoms with Gasteiger partial charge in [0.25, 0.3) is 0 Å².